The van der Waals surface area contributed by atoms with E-state index >= 15 is 0 Å². The molecule has 3 aromatic rings. The first-order chi connectivity index (χ1) is 11.2. The fourth-order valence-electron chi connectivity index (χ4n) is 2.66. The van der Waals surface area contributed by atoms with Crippen LogP contribution < -0.4 is 0 Å². The van der Waals surface area contributed by atoms with E-state index in [9.17, 15) is 9.59 Å². The first kappa shape index (κ1) is 13.3. The maximum absolute atomic E-state index is 12.4. The lowest BCUT2D eigenvalue weighted by molar-refractivity contribution is 0.0642. The molecule has 0 radical (unpaired) electrons. The fourth-order valence-corrected chi connectivity index (χ4v) is 2.66. The second-order valence-electron chi connectivity index (χ2n) is 5.18. The average molecular weight is 305 g/mol. The third-order valence-corrected chi connectivity index (χ3v) is 3.75. The number of imide groups is 1. The zero-order valence-electron chi connectivity index (χ0n) is 11.9. The smallest absolute Gasteiger partial charge is 0.261 e. The molecule has 0 fully saturated rings. The van der Waals surface area contributed by atoms with Gasteiger partial charge in [0.05, 0.1) is 17.7 Å². The SMILES string of the molecule is O=C1c2ccccc2C(=O)N1Cc1cccc(-c2nn[nH]n2)c1. The highest BCUT2D eigenvalue weighted by Gasteiger charge is 2.34. The second-order valence-corrected chi connectivity index (χ2v) is 5.18. The van der Waals surface area contributed by atoms with Gasteiger partial charge in [-0.05, 0) is 29.0 Å². The molecular weight excluding hydrogens is 294 g/mol. The van der Waals surface area contributed by atoms with Crippen LogP contribution in [0, 0.1) is 0 Å². The Morgan fingerprint density at radius 1 is 0.957 bits per heavy atom. The van der Waals surface area contributed by atoms with Crippen LogP contribution in [0.15, 0.2) is 48.5 Å². The number of tetrazole rings is 1. The maximum atomic E-state index is 12.4. The summed E-state index contributed by atoms with van der Waals surface area (Å²) in [5.74, 6) is -0.0691. The second kappa shape index (κ2) is 5.13. The Morgan fingerprint density at radius 2 is 1.70 bits per heavy atom. The van der Waals surface area contributed by atoms with Crippen molar-refractivity contribution >= 4 is 11.8 Å². The van der Waals surface area contributed by atoms with E-state index < -0.39 is 0 Å². The zero-order chi connectivity index (χ0) is 15.8. The molecule has 0 spiro atoms. The molecule has 2 amide bonds. The number of hydrogen-bond donors (Lipinski definition) is 1. The number of nitrogens with one attached hydrogen (secondary N) is 1. The minimum atomic E-state index is -0.268. The van der Waals surface area contributed by atoms with Gasteiger partial charge in [0, 0.05) is 5.56 Å². The molecule has 7 heteroatoms. The monoisotopic (exact) mass is 305 g/mol. The number of nitrogens with zero attached hydrogens (tertiary/aromatic N) is 4. The van der Waals surface area contributed by atoms with Gasteiger partial charge >= 0.3 is 0 Å². The molecule has 23 heavy (non-hydrogen) atoms. The Bertz CT molecular complexity index is 869. The number of amides is 2. The van der Waals surface area contributed by atoms with E-state index in [2.05, 4.69) is 20.6 Å². The zero-order valence-corrected chi connectivity index (χ0v) is 11.9. The summed E-state index contributed by atoms with van der Waals surface area (Å²) in [6, 6.07) is 14.2. The third-order valence-electron chi connectivity index (χ3n) is 3.75. The van der Waals surface area contributed by atoms with Crippen molar-refractivity contribution in [1.29, 1.82) is 0 Å². The van der Waals surface area contributed by atoms with Crippen molar-refractivity contribution in [3.8, 4) is 11.4 Å². The molecule has 4 rings (SSSR count). The predicted octanol–water partition coefficient (Wildman–Crippen LogP) is 1.66. The fraction of sp³-hybridized carbons (Fsp3) is 0.0625. The lowest BCUT2D eigenvalue weighted by Gasteiger charge is -2.14. The summed E-state index contributed by atoms with van der Waals surface area (Å²) in [5, 5.41) is 13.8. The van der Waals surface area contributed by atoms with Crippen molar-refractivity contribution in [2.24, 2.45) is 0 Å². The molecule has 7 nitrogen and oxygen atoms in total. The molecule has 0 saturated heterocycles. The summed E-state index contributed by atoms with van der Waals surface area (Å²) in [6.07, 6.45) is 0. The van der Waals surface area contributed by atoms with Gasteiger partial charge in [0.1, 0.15) is 0 Å². The van der Waals surface area contributed by atoms with Crippen molar-refractivity contribution in [3.63, 3.8) is 0 Å². The van der Waals surface area contributed by atoms with E-state index in [-0.39, 0.29) is 18.4 Å². The van der Waals surface area contributed by atoms with Crippen LogP contribution in [0.1, 0.15) is 26.3 Å². The summed E-state index contributed by atoms with van der Waals surface area (Å²) in [5.41, 5.74) is 2.49. The van der Waals surface area contributed by atoms with Crippen LogP contribution in [0.3, 0.4) is 0 Å². The average Bonchev–Trinajstić information content (AvgIpc) is 3.20. The molecule has 1 N–H and O–H groups in total. The van der Waals surface area contributed by atoms with Crippen molar-refractivity contribution in [3.05, 3.63) is 65.2 Å². The molecule has 2 heterocycles. The van der Waals surface area contributed by atoms with Gasteiger partial charge in [-0.1, -0.05) is 30.3 Å². The van der Waals surface area contributed by atoms with Gasteiger partial charge < -0.3 is 0 Å². The first-order valence-corrected chi connectivity index (χ1v) is 7.02. The summed E-state index contributed by atoms with van der Waals surface area (Å²) in [7, 11) is 0. The van der Waals surface area contributed by atoms with Gasteiger partial charge in [-0.3, -0.25) is 14.5 Å². The number of aromatic nitrogens is 4. The van der Waals surface area contributed by atoms with Crippen molar-refractivity contribution in [2.45, 2.75) is 6.54 Å². The van der Waals surface area contributed by atoms with Crippen LogP contribution >= 0.6 is 0 Å². The van der Waals surface area contributed by atoms with Crippen molar-refractivity contribution in [1.82, 2.24) is 25.5 Å². The largest absolute Gasteiger partial charge is 0.270 e. The highest BCUT2D eigenvalue weighted by Crippen LogP contribution is 2.25. The number of benzene rings is 2. The van der Waals surface area contributed by atoms with Gasteiger partial charge in [0.2, 0.25) is 5.82 Å². The topological polar surface area (TPSA) is 91.8 Å². The molecule has 0 aliphatic carbocycles. The summed E-state index contributed by atoms with van der Waals surface area (Å²) < 4.78 is 0. The molecule has 112 valence electrons. The van der Waals surface area contributed by atoms with Crippen molar-refractivity contribution in [2.75, 3.05) is 0 Å². The minimum Gasteiger partial charge on any atom is -0.270 e. The van der Waals surface area contributed by atoms with Crippen LogP contribution in [0.2, 0.25) is 0 Å². The Morgan fingerprint density at radius 3 is 2.35 bits per heavy atom. The normalized spacial score (nSPS) is 13.5. The summed E-state index contributed by atoms with van der Waals surface area (Å²) in [4.78, 5) is 26.0. The molecule has 0 bridgehead atoms. The Balaban J connectivity index is 1.64. The van der Waals surface area contributed by atoms with Crippen LogP contribution in [0.25, 0.3) is 11.4 Å². The predicted molar refractivity (Wildman–Crippen MR) is 80.3 cm³/mol. The Kier molecular flexibility index (Phi) is 2.97. The number of hydrogen-bond acceptors (Lipinski definition) is 5. The lowest BCUT2D eigenvalue weighted by Crippen LogP contribution is -2.29. The molecule has 0 unspecified atom stereocenters. The molecule has 1 aromatic heterocycles. The maximum Gasteiger partial charge on any atom is 0.261 e. The number of aromatic amines is 1. The van der Waals surface area contributed by atoms with Gasteiger partial charge in [-0.25, -0.2) is 0 Å². The Hall–Kier alpha value is -3.35. The molecule has 0 atom stereocenters. The summed E-state index contributed by atoms with van der Waals surface area (Å²) >= 11 is 0. The van der Waals surface area contributed by atoms with E-state index in [4.69, 9.17) is 0 Å². The highest BCUT2D eigenvalue weighted by molar-refractivity contribution is 6.21. The highest BCUT2D eigenvalue weighted by atomic mass is 16.2. The van der Waals surface area contributed by atoms with E-state index in [1.54, 1.807) is 24.3 Å². The van der Waals surface area contributed by atoms with E-state index in [1.807, 2.05) is 24.3 Å². The number of rotatable bonds is 3. The number of carbonyl (C=O) groups excluding carboxylic acids is 2. The summed E-state index contributed by atoms with van der Waals surface area (Å²) in [6.45, 7) is 0.206. The van der Waals surface area contributed by atoms with Gasteiger partial charge in [0.25, 0.3) is 11.8 Å². The third kappa shape index (κ3) is 2.18. The van der Waals surface area contributed by atoms with Gasteiger partial charge in [-0.15, -0.1) is 10.2 Å². The number of H-pyrrole nitrogens is 1. The van der Waals surface area contributed by atoms with Crippen LogP contribution in [-0.2, 0) is 6.54 Å². The van der Waals surface area contributed by atoms with E-state index in [0.29, 0.717) is 17.0 Å². The van der Waals surface area contributed by atoms with E-state index in [0.717, 1.165) is 11.1 Å². The molecular formula is C16H11N5O2. The molecule has 1 aliphatic heterocycles. The quantitative estimate of drug-likeness (QED) is 0.743. The first-order valence-electron chi connectivity index (χ1n) is 7.02. The van der Waals surface area contributed by atoms with Crippen LogP contribution in [-0.4, -0.2) is 37.3 Å². The van der Waals surface area contributed by atoms with Gasteiger partial charge in [-0.2, -0.15) is 5.21 Å². The van der Waals surface area contributed by atoms with Crippen molar-refractivity contribution < 1.29 is 9.59 Å². The molecule has 0 saturated carbocycles. The van der Waals surface area contributed by atoms with Crippen LogP contribution in [0.4, 0.5) is 0 Å². The number of carbonyl (C=O) groups is 2. The van der Waals surface area contributed by atoms with Crippen LogP contribution in [0.5, 0.6) is 0 Å². The Labute approximate surface area is 130 Å². The molecule has 2 aromatic carbocycles. The minimum absolute atomic E-state index is 0.206. The number of fused-ring (bicyclic) bond motifs is 1. The molecule has 1 aliphatic rings. The standard InChI is InChI=1S/C16H11N5O2/c22-15-12-6-1-2-7-13(12)16(23)21(15)9-10-4-3-5-11(8-10)14-17-19-20-18-14/h1-8H,9H2,(H,17,18,19,20). The lowest BCUT2D eigenvalue weighted by atomic mass is 10.1. The van der Waals surface area contributed by atoms with E-state index in [1.165, 1.54) is 4.90 Å². The van der Waals surface area contributed by atoms with Gasteiger partial charge in [0.15, 0.2) is 0 Å².